The van der Waals surface area contributed by atoms with E-state index in [1.54, 1.807) is 6.92 Å². The average Bonchev–Trinajstić information content (AvgIpc) is 3.64. The maximum Gasteiger partial charge on any atom is 0.306 e. The van der Waals surface area contributed by atoms with E-state index in [1.807, 2.05) is 24.3 Å². The molecule has 0 saturated heterocycles. The highest BCUT2D eigenvalue weighted by Crippen LogP contribution is 2.51. The van der Waals surface area contributed by atoms with Crippen molar-refractivity contribution in [1.82, 2.24) is 0 Å². The van der Waals surface area contributed by atoms with Gasteiger partial charge < -0.3 is 14.6 Å². The molecular weight excluding hydrogens is 390 g/mol. The van der Waals surface area contributed by atoms with E-state index in [2.05, 4.69) is 0 Å². The van der Waals surface area contributed by atoms with E-state index in [9.17, 15) is 18.7 Å². The van der Waals surface area contributed by atoms with Crippen molar-refractivity contribution in [2.45, 2.75) is 38.0 Å². The van der Waals surface area contributed by atoms with E-state index >= 15 is 0 Å². The summed E-state index contributed by atoms with van der Waals surface area (Å²) in [6.07, 6.45) is 2.75. The van der Waals surface area contributed by atoms with Gasteiger partial charge in [-0.05, 0) is 66.8 Å². The van der Waals surface area contributed by atoms with Gasteiger partial charge in [-0.1, -0.05) is 19.1 Å². The quantitative estimate of drug-likeness (QED) is 0.597. The predicted molar refractivity (Wildman–Crippen MR) is 108 cm³/mol. The fraction of sp³-hybridized carbons (Fsp3) is 0.458. The Kier molecular flexibility index (Phi) is 5.67. The van der Waals surface area contributed by atoms with Crippen LogP contribution in [0.1, 0.15) is 49.1 Å². The van der Waals surface area contributed by atoms with Crippen LogP contribution in [0.3, 0.4) is 0 Å². The molecule has 0 spiro atoms. The number of carboxylic acids is 1. The van der Waals surface area contributed by atoms with Crippen LogP contribution in [0.15, 0.2) is 36.4 Å². The molecule has 0 bridgehead atoms. The first-order chi connectivity index (χ1) is 14.4. The summed E-state index contributed by atoms with van der Waals surface area (Å²) in [4.78, 5) is 11.5. The molecule has 2 aromatic carbocycles. The lowest BCUT2D eigenvalue weighted by molar-refractivity contribution is -0.142. The molecule has 2 aliphatic carbocycles. The largest absolute Gasteiger partial charge is 0.494 e. The SMILES string of the molecule is COc1ccc(F)c(C2CC2COc2cccc(C(C3CC3)C(C)C(=O)O)c2)c1F. The number of halogens is 2. The minimum absolute atomic E-state index is 0.0281. The van der Waals surface area contributed by atoms with Crippen molar-refractivity contribution in [3.05, 3.63) is 59.2 Å². The molecule has 0 amide bonds. The lowest BCUT2D eigenvalue weighted by Crippen LogP contribution is -2.20. The van der Waals surface area contributed by atoms with Crippen LogP contribution in [-0.4, -0.2) is 24.8 Å². The second-order valence-electron chi connectivity index (χ2n) is 8.45. The van der Waals surface area contributed by atoms with Gasteiger partial charge in [-0.2, -0.15) is 0 Å². The van der Waals surface area contributed by atoms with Gasteiger partial charge in [-0.3, -0.25) is 4.79 Å². The molecule has 4 nitrogen and oxygen atoms in total. The van der Waals surface area contributed by atoms with Crippen LogP contribution in [-0.2, 0) is 4.79 Å². The molecular formula is C24H26F2O4. The Hall–Kier alpha value is -2.63. The van der Waals surface area contributed by atoms with Gasteiger partial charge in [0.2, 0.25) is 0 Å². The minimum atomic E-state index is -0.790. The summed E-state index contributed by atoms with van der Waals surface area (Å²) in [6.45, 7) is 2.11. The third-order valence-corrected chi connectivity index (χ3v) is 6.37. The highest BCUT2D eigenvalue weighted by Gasteiger charge is 2.43. The lowest BCUT2D eigenvalue weighted by Gasteiger charge is -2.21. The van der Waals surface area contributed by atoms with Gasteiger partial charge in [-0.15, -0.1) is 0 Å². The Bertz CT molecular complexity index is 941. The van der Waals surface area contributed by atoms with Crippen molar-refractivity contribution in [2.75, 3.05) is 13.7 Å². The van der Waals surface area contributed by atoms with E-state index in [1.165, 1.54) is 19.2 Å². The highest BCUT2D eigenvalue weighted by molar-refractivity contribution is 5.71. The molecule has 30 heavy (non-hydrogen) atoms. The average molecular weight is 416 g/mol. The molecule has 1 N–H and O–H groups in total. The number of carboxylic acid groups (broad SMARTS) is 1. The number of methoxy groups -OCH3 is 1. The second-order valence-corrected chi connectivity index (χ2v) is 8.45. The first-order valence-corrected chi connectivity index (χ1v) is 10.4. The maximum atomic E-state index is 14.5. The smallest absolute Gasteiger partial charge is 0.306 e. The van der Waals surface area contributed by atoms with E-state index in [4.69, 9.17) is 9.47 Å². The number of rotatable bonds is 9. The van der Waals surface area contributed by atoms with Gasteiger partial charge >= 0.3 is 5.97 Å². The fourth-order valence-electron chi connectivity index (χ4n) is 4.43. The number of aliphatic carboxylic acids is 1. The maximum absolute atomic E-state index is 14.5. The summed E-state index contributed by atoms with van der Waals surface area (Å²) in [5.74, 6) is -1.56. The van der Waals surface area contributed by atoms with Gasteiger partial charge in [-0.25, -0.2) is 8.78 Å². The summed E-state index contributed by atoms with van der Waals surface area (Å²) in [7, 11) is 1.36. The van der Waals surface area contributed by atoms with Crippen molar-refractivity contribution in [2.24, 2.45) is 17.8 Å². The van der Waals surface area contributed by atoms with Crippen LogP contribution in [0.2, 0.25) is 0 Å². The number of ether oxygens (including phenoxy) is 2. The number of carbonyl (C=O) groups is 1. The molecule has 2 aliphatic rings. The Labute approximate surface area is 174 Å². The van der Waals surface area contributed by atoms with Crippen molar-refractivity contribution >= 4 is 5.97 Å². The van der Waals surface area contributed by atoms with E-state index in [0.717, 1.165) is 18.4 Å². The summed E-state index contributed by atoms with van der Waals surface area (Å²) in [5, 5.41) is 9.46. The Morgan fingerprint density at radius 1 is 1.23 bits per heavy atom. The molecule has 2 saturated carbocycles. The van der Waals surface area contributed by atoms with Gasteiger partial charge in [0.25, 0.3) is 0 Å². The summed E-state index contributed by atoms with van der Waals surface area (Å²) >= 11 is 0. The topological polar surface area (TPSA) is 55.8 Å². The Balaban J connectivity index is 1.43. The highest BCUT2D eigenvalue weighted by atomic mass is 19.1. The van der Waals surface area contributed by atoms with Crippen molar-refractivity contribution in [3.8, 4) is 11.5 Å². The molecule has 0 radical (unpaired) electrons. The molecule has 0 aromatic heterocycles. The molecule has 160 valence electrons. The van der Waals surface area contributed by atoms with Gasteiger partial charge in [0.05, 0.1) is 19.6 Å². The molecule has 4 atom stereocenters. The molecule has 6 heteroatoms. The predicted octanol–water partition coefficient (Wildman–Crippen LogP) is 5.37. The number of hydrogen-bond donors (Lipinski definition) is 1. The minimum Gasteiger partial charge on any atom is -0.494 e. The van der Waals surface area contributed by atoms with Gasteiger partial charge in [0.15, 0.2) is 11.6 Å². The lowest BCUT2D eigenvalue weighted by atomic mass is 9.83. The normalized spacial score (nSPS) is 22.3. The standard InChI is InChI=1S/C24H26F2O4/c1-13(24(27)28)21(14-6-7-14)15-4-3-5-17(10-15)30-12-16-11-18(16)22-19(25)8-9-20(29-2)23(22)26/h3-5,8-10,13-14,16,18,21H,6-7,11-12H2,1-2H3,(H,27,28). The monoisotopic (exact) mass is 416 g/mol. The number of benzene rings is 2. The van der Waals surface area contributed by atoms with Crippen molar-refractivity contribution in [1.29, 1.82) is 0 Å². The Morgan fingerprint density at radius 2 is 2.00 bits per heavy atom. The molecule has 2 aromatic rings. The van der Waals surface area contributed by atoms with E-state index in [-0.39, 0.29) is 29.1 Å². The molecule has 4 unspecified atom stereocenters. The molecule has 0 heterocycles. The molecule has 2 fully saturated rings. The third kappa shape index (κ3) is 4.13. The summed E-state index contributed by atoms with van der Waals surface area (Å²) in [6, 6.07) is 10.1. The first-order valence-electron chi connectivity index (χ1n) is 10.4. The van der Waals surface area contributed by atoms with Gasteiger partial charge in [0.1, 0.15) is 11.6 Å². The van der Waals surface area contributed by atoms with Crippen LogP contribution in [0.4, 0.5) is 8.78 Å². The van der Waals surface area contributed by atoms with Crippen LogP contribution in [0, 0.1) is 29.4 Å². The summed E-state index contributed by atoms with van der Waals surface area (Å²) in [5.41, 5.74) is 1.04. The van der Waals surface area contributed by atoms with Crippen molar-refractivity contribution < 1.29 is 28.2 Å². The first kappa shape index (κ1) is 20.6. The van der Waals surface area contributed by atoms with Crippen LogP contribution in [0.25, 0.3) is 0 Å². The molecule has 0 aliphatic heterocycles. The van der Waals surface area contributed by atoms with E-state index < -0.39 is 23.5 Å². The Morgan fingerprint density at radius 3 is 2.67 bits per heavy atom. The zero-order valence-electron chi connectivity index (χ0n) is 17.1. The zero-order valence-corrected chi connectivity index (χ0v) is 17.1. The van der Waals surface area contributed by atoms with Crippen LogP contribution in [0.5, 0.6) is 11.5 Å². The van der Waals surface area contributed by atoms with Crippen LogP contribution < -0.4 is 9.47 Å². The second kappa shape index (κ2) is 8.25. The fourth-order valence-corrected chi connectivity index (χ4v) is 4.43. The van der Waals surface area contributed by atoms with Crippen molar-refractivity contribution in [3.63, 3.8) is 0 Å². The van der Waals surface area contributed by atoms with Gasteiger partial charge in [0, 0.05) is 11.5 Å². The third-order valence-electron chi connectivity index (χ3n) is 6.37. The number of hydrogen-bond acceptors (Lipinski definition) is 3. The molecule has 4 rings (SSSR count). The van der Waals surface area contributed by atoms with Crippen LogP contribution >= 0.6 is 0 Å². The zero-order chi connectivity index (χ0) is 21.4. The summed E-state index contributed by atoms with van der Waals surface area (Å²) < 4.78 is 39.5. The van der Waals surface area contributed by atoms with E-state index in [0.29, 0.717) is 24.7 Å².